The molecule has 1 aromatic carbocycles. The maximum Gasteiger partial charge on any atom is 0.162 e. The van der Waals surface area contributed by atoms with Crippen LogP contribution >= 0.6 is 11.6 Å². The molecule has 126 valence electrons. The van der Waals surface area contributed by atoms with Crippen molar-refractivity contribution in [3.63, 3.8) is 0 Å². The van der Waals surface area contributed by atoms with Crippen LogP contribution in [0.4, 0.5) is 0 Å². The number of nitrogens with one attached hydrogen (secondary N) is 1. The van der Waals surface area contributed by atoms with Crippen LogP contribution in [0.2, 0.25) is 5.02 Å². The van der Waals surface area contributed by atoms with E-state index in [2.05, 4.69) is 39.9 Å². The van der Waals surface area contributed by atoms with Gasteiger partial charge in [-0.1, -0.05) is 32.4 Å². The van der Waals surface area contributed by atoms with Crippen molar-refractivity contribution in [2.75, 3.05) is 13.7 Å². The molecule has 0 atom stereocenters. The summed E-state index contributed by atoms with van der Waals surface area (Å²) in [7, 11) is 1.65. The molecule has 1 aromatic rings. The summed E-state index contributed by atoms with van der Waals surface area (Å²) in [6.07, 6.45) is 1.08. The second kappa shape index (κ2) is 7.56. The van der Waals surface area contributed by atoms with E-state index in [-0.39, 0.29) is 11.0 Å². The average molecular weight is 328 g/mol. The number of hydrogen-bond acceptors (Lipinski definition) is 3. The van der Waals surface area contributed by atoms with Crippen molar-refractivity contribution in [3.05, 3.63) is 22.7 Å². The van der Waals surface area contributed by atoms with Gasteiger partial charge in [-0.25, -0.2) is 0 Å². The molecule has 0 unspecified atom stereocenters. The fourth-order valence-electron chi connectivity index (χ4n) is 2.86. The average Bonchev–Trinajstić information content (AvgIpc) is 2.35. The summed E-state index contributed by atoms with van der Waals surface area (Å²) in [4.78, 5) is 0. The van der Waals surface area contributed by atoms with Crippen LogP contribution in [0.25, 0.3) is 0 Å². The molecule has 1 rings (SSSR count). The van der Waals surface area contributed by atoms with Crippen molar-refractivity contribution in [1.29, 1.82) is 0 Å². The highest BCUT2D eigenvalue weighted by Gasteiger charge is 2.25. The Labute approximate surface area is 140 Å². The van der Waals surface area contributed by atoms with Crippen LogP contribution in [0.15, 0.2) is 12.1 Å². The van der Waals surface area contributed by atoms with Gasteiger partial charge in [-0.3, -0.25) is 0 Å². The Bertz CT molecular complexity index is 493. The Kier molecular flexibility index (Phi) is 6.57. The van der Waals surface area contributed by atoms with Gasteiger partial charge < -0.3 is 14.8 Å². The summed E-state index contributed by atoms with van der Waals surface area (Å²) in [5.74, 6) is 1.41. The smallest absolute Gasteiger partial charge is 0.162 e. The van der Waals surface area contributed by atoms with E-state index in [1.54, 1.807) is 7.11 Å². The molecule has 0 aliphatic carbocycles. The van der Waals surface area contributed by atoms with Crippen LogP contribution in [-0.2, 0) is 6.54 Å². The van der Waals surface area contributed by atoms with Gasteiger partial charge in [0.25, 0.3) is 0 Å². The summed E-state index contributed by atoms with van der Waals surface area (Å²) >= 11 is 6.38. The number of benzene rings is 1. The Balaban J connectivity index is 2.85. The minimum absolute atomic E-state index is 0.0351. The van der Waals surface area contributed by atoms with Gasteiger partial charge in [-0.05, 0) is 44.2 Å². The first-order valence-electron chi connectivity index (χ1n) is 7.82. The summed E-state index contributed by atoms with van der Waals surface area (Å²) in [5, 5.41) is 4.29. The quantitative estimate of drug-likeness (QED) is 0.760. The maximum atomic E-state index is 6.38. The van der Waals surface area contributed by atoms with E-state index < -0.39 is 0 Å². The minimum atomic E-state index is 0.0351. The Hall–Kier alpha value is -0.930. The van der Waals surface area contributed by atoms with E-state index in [1.807, 2.05) is 19.1 Å². The first-order valence-corrected chi connectivity index (χ1v) is 8.20. The van der Waals surface area contributed by atoms with Gasteiger partial charge >= 0.3 is 0 Å². The predicted octanol–water partition coefficient (Wildman–Crippen LogP) is 5.05. The van der Waals surface area contributed by atoms with Crippen molar-refractivity contribution in [2.45, 2.75) is 60.0 Å². The first kappa shape index (κ1) is 19.1. The normalized spacial score (nSPS) is 12.4. The van der Waals surface area contributed by atoms with Gasteiger partial charge in [-0.2, -0.15) is 0 Å². The third kappa shape index (κ3) is 6.05. The zero-order valence-corrected chi connectivity index (χ0v) is 15.7. The van der Waals surface area contributed by atoms with Crippen molar-refractivity contribution >= 4 is 11.6 Å². The molecule has 0 bridgehead atoms. The molecule has 1 N–H and O–H groups in total. The van der Waals surface area contributed by atoms with Gasteiger partial charge in [-0.15, -0.1) is 0 Å². The SMILES string of the molecule is CCOc1cc(Cl)c(CNC(C)(C)CC(C)(C)C)cc1OC. The molecule has 0 saturated carbocycles. The number of methoxy groups -OCH3 is 1. The molecule has 4 heteroatoms. The van der Waals surface area contributed by atoms with Crippen LogP contribution in [0.1, 0.15) is 53.5 Å². The van der Waals surface area contributed by atoms with Gasteiger partial charge in [0.15, 0.2) is 11.5 Å². The van der Waals surface area contributed by atoms with Crippen LogP contribution in [0.5, 0.6) is 11.5 Å². The molecule has 0 radical (unpaired) electrons. The van der Waals surface area contributed by atoms with Crippen LogP contribution < -0.4 is 14.8 Å². The van der Waals surface area contributed by atoms with Crippen molar-refractivity contribution < 1.29 is 9.47 Å². The van der Waals surface area contributed by atoms with E-state index in [0.29, 0.717) is 23.9 Å². The molecule has 0 aliphatic rings. The monoisotopic (exact) mass is 327 g/mol. The summed E-state index contributed by atoms with van der Waals surface area (Å²) in [6.45, 7) is 14.4. The highest BCUT2D eigenvalue weighted by molar-refractivity contribution is 6.31. The number of hydrogen-bond donors (Lipinski definition) is 1. The number of ether oxygens (including phenoxy) is 2. The van der Waals surface area contributed by atoms with Crippen LogP contribution in [-0.4, -0.2) is 19.3 Å². The van der Waals surface area contributed by atoms with E-state index in [1.165, 1.54) is 0 Å². The maximum absolute atomic E-state index is 6.38. The molecule has 22 heavy (non-hydrogen) atoms. The Morgan fingerprint density at radius 2 is 1.73 bits per heavy atom. The molecule has 3 nitrogen and oxygen atoms in total. The Morgan fingerprint density at radius 3 is 2.23 bits per heavy atom. The standard InChI is InChI=1S/C18H30ClNO2/c1-8-22-16-10-14(19)13(9-15(16)21-7)11-20-18(5,6)12-17(2,3)4/h9-10,20H,8,11-12H2,1-7H3. The van der Waals surface area contributed by atoms with Crippen LogP contribution in [0.3, 0.4) is 0 Å². The molecule has 0 fully saturated rings. The van der Waals surface area contributed by atoms with E-state index in [9.17, 15) is 0 Å². The summed E-state index contributed by atoms with van der Waals surface area (Å²) in [5.41, 5.74) is 1.33. The lowest BCUT2D eigenvalue weighted by atomic mass is 9.82. The molecule has 0 spiro atoms. The van der Waals surface area contributed by atoms with Crippen molar-refractivity contribution in [2.24, 2.45) is 5.41 Å². The molecular formula is C18H30ClNO2. The Morgan fingerprint density at radius 1 is 1.09 bits per heavy atom. The lowest BCUT2D eigenvalue weighted by Gasteiger charge is -2.33. The molecule has 0 aromatic heterocycles. The zero-order chi connectivity index (χ0) is 17.0. The summed E-state index contributed by atoms with van der Waals surface area (Å²) in [6, 6.07) is 3.78. The number of rotatable bonds is 7. The largest absolute Gasteiger partial charge is 0.493 e. The third-order valence-corrected chi connectivity index (χ3v) is 3.71. The second-order valence-electron chi connectivity index (χ2n) is 7.50. The van der Waals surface area contributed by atoms with E-state index >= 15 is 0 Å². The molecule has 0 heterocycles. The first-order chi connectivity index (χ1) is 10.1. The second-order valence-corrected chi connectivity index (χ2v) is 7.91. The van der Waals surface area contributed by atoms with Crippen molar-refractivity contribution in [3.8, 4) is 11.5 Å². The van der Waals surface area contributed by atoms with Gasteiger partial charge in [0.1, 0.15) is 0 Å². The van der Waals surface area contributed by atoms with Gasteiger partial charge in [0.05, 0.1) is 13.7 Å². The topological polar surface area (TPSA) is 30.5 Å². The molecule has 0 amide bonds. The van der Waals surface area contributed by atoms with E-state index in [0.717, 1.165) is 17.7 Å². The lowest BCUT2D eigenvalue weighted by Crippen LogP contribution is -2.41. The molecule has 0 saturated heterocycles. The third-order valence-electron chi connectivity index (χ3n) is 3.36. The number of halogens is 1. The highest BCUT2D eigenvalue weighted by atomic mass is 35.5. The highest BCUT2D eigenvalue weighted by Crippen LogP contribution is 2.34. The van der Waals surface area contributed by atoms with E-state index in [4.69, 9.17) is 21.1 Å². The lowest BCUT2D eigenvalue weighted by molar-refractivity contribution is 0.240. The minimum Gasteiger partial charge on any atom is -0.493 e. The zero-order valence-electron chi connectivity index (χ0n) is 15.0. The van der Waals surface area contributed by atoms with Crippen molar-refractivity contribution in [1.82, 2.24) is 5.32 Å². The van der Waals surface area contributed by atoms with Gasteiger partial charge in [0, 0.05) is 23.2 Å². The fourth-order valence-corrected chi connectivity index (χ4v) is 3.08. The predicted molar refractivity (Wildman–Crippen MR) is 94.2 cm³/mol. The molecular weight excluding hydrogens is 298 g/mol. The molecule has 0 aliphatic heterocycles. The van der Waals surface area contributed by atoms with Crippen LogP contribution in [0, 0.1) is 5.41 Å². The fraction of sp³-hybridized carbons (Fsp3) is 0.667. The van der Waals surface area contributed by atoms with Gasteiger partial charge in [0.2, 0.25) is 0 Å². The summed E-state index contributed by atoms with van der Waals surface area (Å²) < 4.78 is 10.9.